The van der Waals surface area contributed by atoms with Crippen molar-refractivity contribution in [1.82, 2.24) is 0 Å². The summed E-state index contributed by atoms with van der Waals surface area (Å²) >= 11 is 6.00. The molecule has 126 valence electrons. The van der Waals surface area contributed by atoms with Crippen molar-refractivity contribution >= 4 is 29.2 Å². The Kier molecular flexibility index (Phi) is 3.57. The molecular formula is C18H18ClNO4. The molecule has 24 heavy (non-hydrogen) atoms. The van der Waals surface area contributed by atoms with Gasteiger partial charge in [0.05, 0.1) is 24.6 Å². The average molecular weight is 348 g/mol. The van der Waals surface area contributed by atoms with Gasteiger partial charge in [0.15, 0.2) is 0 Å². The number of carboxylic acid groups (broad SMARTS) is 1. The molecule has 2 bridgehead atoms. The first-order valence-corrected chi connectivity index (χ1v) is 8.44. The molecule has 2 saturated carbocycles. The van der Waals surface area contributed by atoms with Crippen molar-refractivity contribution in [2.24, 2.45) is 35.5 Å². The number of allylic oxidation sites excluding steroid dienone is 2. The summed E-state index contributed by atoms with van der Waals surface area (Å²) in [6, 6.07) is 4.97. The molecular weight excluding hydrogens is 330 g/mol. The lowest BCUT2D eigenvalue weighted by atomic mass is 9.62. The van der Waals surface area contributed by atoms with Crippen molar-refractivity contribution in [2.45, 2.75) is 6.42 Å². The minimum Gasteiger partial charge on any atom is -0.495 e. The molecule has 0 heterocycles. The maximum atomic E-state index is 12.9. The highest BCUT2D eigenvalue weighted by Gasteiger charge is 2.63. The van der Waals surface area contributed by atoms with Crippen LogP contribution in [-0.4, -0.2) is 24.1 Å². The van der Waals surface area contributed by atoms with E-state index in [1.807, 2.05) is 12.2 Å². The monoisotopic (exact) mass is 347 g/mol. The molecule has 6 atom stereocenters. The van der Waals surface area contributed by atoms with Crippen LogP contribution in [0.4, 0.5) is 5.69 Å². The zero-order chi connectivity index (χ0) is 17.0. The number of anilines is 1. The summed E-state index contributed by atoms with van der Waals surface area (Å²) in [5, 5.41) is 13.0. The van der Waals surface area contributed by atoms with Crippen LogP contribution in [0.2, 0.25) is 5.02 Å². The largest absolute Gasteiger partial charge is 0.495 e. The van der Waals surface area contributed by atoms with Gasteiger partial charge >= 0.3 is 5.97 Å². The second-order valence-corrected chi connectivity index (χ2v) is 7.26. The van der Waals surface area contributed by atoms with Crippen molar-refractivity contribution in [3.63, 3.8) is 0 Å². The number of aliphatic carboxylic acids is 1. The van der Waals surface area contributed by atoms with Gasteiger partial charge in [-0.25, -0.2) is 0 Å². The van der Waals surface area contributed by atoms with Gasteiger partial charge in [-0.2, -0.15) is 0 Å². The lowest BCUT2D eigenvalue weighted by Crippen LogP contribution is -2.48. The van der Waals surface area contributed by atoms with E-state index in [1.165, 1.54) is 7.11 Å². The number of benzene rings is 1. The van der Waals surface area contributed by atoms with E-state index in [0.717, 1.165) is 6.42 Å². The van der Waals surface area contributed by atoms with E-state index in [-0.39, 0.29) is 17.7 Å². The van der Waals surface area contributed by atoms with Gasteiger partial charge in [-0.3, -0.25) is 9.59 Å². The first-order valence-electron chi connectivity index (χ1n) is 8.07. The summed E-state index contributed by atoms with van der Waals surface area (Å²) in [6.07, 6.45) is 5.06. The highest BCUT2D eigenvalue weighted by Crippen LogP contribution is 2.63. The number of nitrogens with one attached hydrogen (secondary N) is 1. The van der Waals surface area contributed by atoms with Gasteiger partial charge in [-0.1, -0.05) is 23.8 Å². The smallest absolute Gasteiger partial charge is 0.307 e. The molecule has 1 aromatic rings. The minimum absolute atomic E-state index is 0.00581. The second-order valence-electron chi connectivity index (χ2n) is 6.83. The van der Waals surface area contributed by atoms with Crippen LogP contribution in [0.3, 0.4) is 0 Å². The summed E-state index contributed by atoms with van der Waals surface area (Å²) in [5.41, 5.74) is 0.469. The van der Waals surface area contributed by atoms with Crippen molar-refractivity contribution in [3.8, 4) is 5.75 Å². The standard InChI is InChI=1S/C18H18ClNO4/c1-24-14-5-2-8(19)6-13(14)20-17(21)15-9-3-4-10(12-7-11(9)12)16(15)18(22)23/h2-6,9-12,15-16H,7H2,1H3,(H,20,21)(H,22,23)/t9-,10+,11+,12+,15-,16-/m0/s1. The predicted molar refractivity (Wildman–Crippen MR) is 89.0 cm³/mol. The fourth-order valence-corrected chi connectivity index (χ4v) is 4.74. The van der Waals surface area contributed by atoms with Gasteiger partial charge in [-0.15, -0.1) is 0 Å². The number of hydrogen-bond donors (Lipinski definition) is 2. The first-order chi connectivity index (χ1) is 11.5. The fraction of sp³-hybridized carbons (Fsp3) is 0.444. The molecule has 6 heteroatoms. The zero-order valence-corrected chi connectivity index (χ0v) is 13.9. The Morgan fingerprint density at radius 1 is 1.21 bits per heavy atom. The summed E-state index contributed by atoms with van der Waals surface area (Å²) in [7, 11) is 1.51. The van der Waals surface area contributed by atoms with E-state index in [9.17, 15) is 14.7 Å². The molecule has 5 nitrogen and oxygen atoms in total. The Bertz CT molecular complexity index is 747. The molecule has 2 fully saturated rings. The number of carboxylic acids is 1. The van der Waals surface area contributed by atoms with Crippen LogP contribution < -0.4 is 10.1 Å². The number of fused-ring (bicyclic) bond motifs is 1. The predicted octanol–water partition coefficient (Wildman–Crippen LogP) is 3.06. The second kappa shape index (κ2) is 5.52. The Labute approximate surface area is 144 Å². The molecule has 0 aromatic heterocycles. The van der Waals surface area contributed by atoms with Gasteiger partial charge in [-0.05, 0) is 48.3 Å². The zero-order valence-electron chi connectivity index (χ0n) is 13.1. The van der Waals surface area contributed by atoms with Crippen LogP contribution in [-0.2, 0) is 9.59 Å². The normalized spacial score (nSPS) is 35.2. The Balaban J connectivity index is 1.63. The van der Waals surface area contributed by atoms with Gasteiger partial charge in [0.25, 0.3) is 0 Å². The van der Waals surface area contributed by atoms with Crippen LogP contribution in [0.15, 0.2) is 30.4 Å². The Hall–Kier alpha value is -2.01. The summed E-state index contributed by atoms with van der Waals surface area (Å²) in [5.74, 6) is -1.01. The Morgan fingerprint density at radius 3 is 2.50 bits per heavy atom. The van der Waals surface area contributed by atoms with Gasteiger partial charge in [0.2, 0.25) is 5.91 Å². The maximum Gasteiger partial charge on any atom is 0.307 e. The summed E-state index contributed by atoms with van der Waals surface area (Å²) in [4.78, 5) is 24.7. The molecule has 1 aromatic carbocycles. The maximum absolute atomic E-state index is 12.9. The van der Waals surface area contributed by atoms with Crippen molar-refractivity contribution in [3.05, 3.63) is 35.4 Å². The van der Waals surface area contributed by atoms with Gasteiger partial charge in [0, 0.05) is 5.02 Å². The molecule has 0 aliphatic heterocycles. The van der Waals surface area contributed by atoms with Crippen LogP contribution in [0.1, 0.15) is 6.42 Å². The number of hydrogen-bond acceptors (Lipinski definition) is 3. The number of amides is 1. The highest BCUT2D eigenvalue weighted by atomic mass is 35.5. The average Bonchev–Trinajstić information content (AvgIpc) is 3.36. The van der Waals surface area contributed by atoms with Crippen molar-refractivity contribution < 1.29 is 19.4 Å². The third-order valence-corrected chi connectivity index (χ3v) is 5.89. The molecule has 0 radical (unpaired) electrons. The van der Waals surface area contributed by atoms with E-state index in [1.54, 1.807) is 18.2 Å². The topological polar surface area (TPSA) is 75.6 Å². The van der Waals surface area contributed by atoms with Gasteiger partial charge < -0.3 is 15.2 Å². The molecule has 4 aliphatic carbocycles. The number of methoxy groups -OCH3 is 1. The molecule has 0 spiro atoms. The third kappa shape index (κ3) is 2.30. The van der Waals surface area contributed by atoms with Crippen molar-refractivity contribution in [1.29, 1.82) is 0 Å². The van der Waals surface area contributed by atoms with Crippen LogP contribution in [0.25, 0.3) is 0 Å². The van der Waals surface area contributed by atoms with E-state index in [2.05, 4.69) is 5.32 Å². The van der Waals surface area contributed by atoms with Crippen LogP contribution in [0.5, 0.6) is 5.75 Å². The summed E-state index contributed by atoms with van der Waals surface area (Å²) < 4.78 is 5.25. The lowest BCUT2D eigenvalue weighted by Gasteiger charge is -2.41. The lowest BCUT2D eigenvalue weighted by molar-refractivity contribution is -0.152. The quantitative estimate of drug-likeness (QED) is 0.821. The molecule has 4 aliphatic rings. The number of carbonyl (C=O) groups is 2. The molecule has 0 unspecified atom stereocenters. The van der Waals surface area contributed by atoms with Gasteiger partial charge in [0.1, 0.15) is 5.75 Å². The number of carbonyl (C=O) groups excluding carboxylic acids is 1. The fourth-order valence-electron chi connectivity index (χ4n) is 4.56. The van der Waals surface area contributed by atoms with Crippen LogP contribution >= 0.6 is 11.6 Å². The van der Waals surface area contributed by atoms with E-state index in [4.69, 9.17) is 16.3 Å². The SMILES string of the molecule is COc1ccc(Cl)cc1NC(=O)[C@H]1[C@H]2C=C[C@H]([C@H]3C[C@H]23)[C@@H]1C(=O)O. The molecule has 0 saturated heterocycles. The van der Waals surface area contributed by atoms with Crippen molar-refractivity contribution in [2.75, 3.05) is 12.4 Å². The number of halogens is 1. The third-order valence-electron chi connectivity index (χ3n) is 5.66. The van der Waals surface area contributed by atoms with Crippen LogP contribution in [0, 0.1) is 35.5 Å². The Morgan fingerprint density at radius 2 is 1.88 bits per heavy atom. The number of rotatable bonds is 4. The number of ether oxygens (including phenoxy) is 1. The first kappa shape index (κ1) is 15.5. The van der Waals surface area contributed by atoms with E-state index < -0.39 is 17.8 Å². The van der Waals surface area contributed by atoms with E-state index >= 15 is 0 Å². The van der Waals surface area contributed by atoms with E-state index in [0.29, 0.717) is 28.3 Å². The minimum atomic E-state index is -0.891. The highest BCUT2D eigenvalue weighted by molar-refractivity contribution is 6.31. The molecule has 5 rings (SSSR count). The summed E-state index contributed by atoms with van der Waals surface area (Å²) in [6.45, 7) is 0. The molecule has 1 amide bonds. The molecule has 2 N–H and O–H groups in total.